The molecule has 2 rings (SSSR count). The summed E-state index contributed by atoms with van der Waals surface area (Å²) in [7, 11) is 0. The Hall–Kier alpha value is -2.03. The van der Waals surface area contributed by atoms with E-state index in [2.05, 4.69) is 18.3 Å². The molecule has 0 unspecified atom stereocenters. The molecule has 1 heterocycles. The van der Waals surface area contributed by atoms with Crippen molar-refractivity contribution in [3.63, 3.8) is 0 Å². The summed E-state index contributed by atoms with van der Waals surface area (Å²) in [6.45, 7) is 8.87. The second-order valence-electron chi connectivity index (χ2n) is 4.89. The van der Waals surface area contributed by atoms with Crippen LogP contribution in [0.5, 0.6) is 0 Å². The summed E-state index contributed by atoms with van der Waals surface area (Å²) in [5.74, 6) is -0.0435. The molecule has 0 aliphatic rings. The quantitative estimate of drug-likeness (QED) is 0.893. The van der Waals surface area contributed by atoms with Gasteiger partial charge in [-0.05, 0) is 57.0 Å². The van der Waals surface area contributed by atoms with Gasteiger partial charge in [-0.15, -0.1) is 0 Å². The summed E-state index contributed by atoms with van der Waals surface area (Å²) in [6, 6.07) is 9.89. The second kappa shape index (κ2) is 5.31. The summed E-state index contributed by atoms with van der Waals surface area (Å²) < 4.78 is 2.04. The zero-order valence-corrected chi connectivity index (χ0v) is 11.9. The molecule has 0 spiro atoms. The van der Waals surface area contributed by atoms with Crippen molar-refractivity contribution in [1.82, 2.24) is 4.57 Å². The predicted octanol–water partition coefficient (Wildman–Crippen LogP) is 3.69. The summed E-state index contributed by atoms with van der Waals surface area (Å²) in [5, 5.41) is 2.97. The highest BCUT2D eigenvalue weighted by Crippen LogP contribution is 2.17. The van der Waals surface area contributed by atoms with Crippen molar-refractivity contribution in [1.29, 1.82) is 0 Å². The first-order chi connectivity index (χ1) is 9.02. The number of nitrogens with one attached hydrogen (secondary N) is 1. The van der Waals surface area contributed by atoms with Gasteiger partial charge in [0.15, 0.2) is 0 Å². The molecule has 0 saturated heterocycles. The lowest BCUT2D eigenvalue weighted by Crippen LogP contribution is -2.18. The van der Waals surface area contributed by atoms with E-state index in [1.54, 1.807) is 0 Å². The number of aromatic nitrogens is 1. The van der Waals surface area contributed by atoms with Gasteiger partial charge in [-0.25, -0.2) is 0 Å². The molecular weight excluding hydrogens is 236 g/mol. The van der Waals surface area contributed by atoms with Gasteiger partial charge in [-0.2, -0.15) is 0 Å². The molecule has 3 nitrogen and oxygen atoms in total. The minimum Gasteiger partial charge on any atom is -0.341 e. The predicted molar refractivity (Wildman–Crippen MR) is 78.7 cm³/mol. The number of aryl methyl sites for hydroxylation is 3. The van der Waals surface area contributed by atoms with Gasteiger partial charge in [0.1, 0.15) is 5.69 Å². The SMILES string of the molecule is CCn1c(C)cc(C)c1C(=O)Nc1cccc(C)c1. The Bertz CT molecular complexity index is 611. The lowest BCUT2D eigenvalue weighted by molar-refractivity contribution is 0.101. The third kappa shape index (κ3) is 2.70. The van der Waals surface area contributed by atoms with E-state index in [9.17, 15) is 4.79 Å². The standard InChI is InChI=1S/C16H20N2O/c1-5-18-13(4)10-12(3)15(18)16(19)17-14-8-6-7-11(2)9-14/h6-10H,5H2,1-4H3,(H,17,19). The third-order valence-corrected chi connectivity index (χ3v) is 3.30. The molecule has 0 saturated carbocycles. The van der Waals surface area contributed by atoms with Gasteiger partial charge >= 0.3 is 0 Å². The first-order valence-electron chi connectivity index (χ1n) is 6.57. The zero-order chi connectivity index (χ0) is 14.0. The monoisotopic (exact) mass is 256 g/mol. The topological polar surface area (TPSA) is 34.0 Å². The molecule has 0 aliphatic heterocycles. The first kappa shape index (κ1) is 13.4. The lowest BCUT2D eigenvalue weighted by atomic mass is 10.2. The fourth-order valence-corrected chi connectivity index (χ4v) is 2.47. The summed E-state index contributed by atoms with van der Waals surface area (Å²) in [4.78, 5) is 12.4. The number of amides is 1. The van der Waals surface area contributed by atoms with E-state index in [0.29, 0.717) is 0 Å². The summed E-state index contributed by atoms with van der Waals surface area (Å²) in [6.07, 6.45) is 0. The van der Waals surface area contributed by atoms with E-state index in [0.717, 1.165) is 34.7 Å². The molecule has 100 valence electrons. The second-order valence-corrected chi connectivity index (χ2v) is 4.89. The van der Waals surface area contributed by atoms with Crippen LogP contribution >= 0.6 is 0 Å². The Kier molecular flexibility index (Phi) is 3.74. The fraction of sp³-hybridized carbons (Fsp3) is 0.312. The minimum atomic E-state index is -0.0435. The van der Waals surface area contributed by atoms with Crippen molar-refractivity contribution in [3.05, 3.63) is 52.8 Å². The van der Waals surface area contributed by atoms with Crippen LogP contribution in [-0.2, 0) is 6.54 Å². The molecule has 0 aliphatic carbocycles. The molecule has 2 aromatic rings. The van der Waals surface area contributed by atoms with Crippen LogP contribution in [-0.4, -0.2) is 10.5 Å². The van der Waals surface area contributed by atoms with Gasteiger partial charge in [0.05, 0.1) is 0 Å². The molecule has 0 bridgehead atoms. The highest BCUT2D eigenvalue weighted by molar-refractivity contribution is 6.04. The zero-order valence-electron chi connectivity index (χ0n) is 11.9. The van der Waals surface area contributed by atoms with Crippen LogP contribution in [0, 0.1) is 20.8 Å². The highest BCUT2D eigenvalue weighted by Gasteiger charge is 2.16. The number of hydrogen-bond acceptors (Lipinski definition) is 1. The molecule has 1 aromatic carbocycles. The molecule has 19 heavy (non-hydrogen) atoms. The maximum atomic E-state index is 12.4. The van der Waals surface area contributed by atoms with Crippen LogP contribution in [0.25, 0.3) is 0 Å². The van der Waals surface area contributed by atoms with Crippen LogP contribution in [0.2, 0.25) is 0 Å². The van der Waals surface area contributed by atoms with Crippen molar-refractivity contribution in [2.45, 2.75) is 34.2 Å². The maximum absolute atomic E-state index is 12.4. The summed E-state index contributed by atoms with van der Waals surface area (Å²) >= 11 is 0. The smallest absolute Gasteiger partial charge is 0.272 e. The van der Waals surface area contributed by atoms with E-state index in [1.165, 1.54) is 0 Å². The molecular formula is C16H20N2O. The molecule has 3 heteroatoms. The van der Waals surface area contributed by atoms with Crippen LogP contribution in [0.4, 0.5) is 5.69 Å². The molecule has 0 fully saturated rings. The Morgan fingerprint density at radius 3 is 2.58 bits per heavy atom. The first-order valence-corrected chi connectivity index (χ1v) is 6.57. The number of anilines is 1. The third-order valence-electron chi connectivity index (χ3n) is 3.30. The number of hydrogen-bond donors (Lipinski definition) is 1. The average molecular weight is 256 g/mol. The van der Waals surface area contributed by atoms with Crippen molar-refractivity contribution >= 4 is 11.6 Å². The van der Waals surface area contributed by atoms with Gasteiger partial charge in [-0.1, -0.05) is 12.1 Å². The number of carbonyl (C=O) groups is 1. The molecule has 1 aromatic heterocycles. The van der Waals surface area contributed by atoms with Crippen molar-refractivity contribution in [2.24, 2.45) is 0 Å². The van der Waals surface area contributed by atoms with Gasteiger partial charge in [-0.3, -0.25) is 4.79 Å². The molecule has 1 N–H and O–H groups in total. The van der Waals surface area contributed by atoms with Crippen LogP contribution < -0.4 is 5.32 Å². The molecule has 0 atom stereocenters. The fourth-order valence-electron chi connectivity index (χ4n) is 2.47. The van der Waals surface area contributed by atoms with Crippen LogP contribution in [0.1, 0.15) is 34.2 Å². The van der Waals surface area contributed by atoms with E-state index < -0.39 is 0 Å². The molecule has 0 radical (unpaired) electrons. The number of rotatable bonds is 3. The Labute approximate surface area is 114 Å². The Balaban J connectivity index is 2.30. The van der Waals surface area contributed by atoms with Gasteiger partial charge < -0.3 is 9.88 Å². The van der Waals surface area contributed by atoms with Crippen molar-refractivity contribution < 1.29 is 4.79 Å². The van der Waals surface area contributed by atoms with Gasteiger partial charge in [0.2, 0.25) is 0 Å². The van der Waals surface area contributed by atoms with E-state index in [1.807, 2.05) is 49.6 Å². The maximum Gasteiger partial charge on any atom is 0.272 e. The van der Waals surface area contributed by atoms with Gasteiger partial charge in [0.25, 0.3) is 5.91 Å². The number of nitrogens with zero attached hydrogens (tertiary/aromatic N) is 1. The summed E-state index contributed by atoms with van der Waals surface area (Å²) in [5.41, 5.74) is 4.86. The van der Waals surface area contributed by atoms with Crippen LogP contribution in [0.3, 0.4) is 0 Å². The van der Waals surface area contributed by atoms with Crippen LogP contribution in [0.15, 0.2) is 30.3 Å². The highest BCUT2D eigenvalue weighted by atomic mass is 16.2. The average Bonchev–Trinajstić information content (AvgIpc) is 2.63. The Morgan fingerprint density at radius 1 is 1.21 bits per heavy atom. The minimum absolute atomic E-state index is 0.0435. The van der Waals surface area contributed by atoms with Gasteiger partial charge in [0, 0.05) is 17.9 Å². The largest absolute Gasteiger partial charge is 0.341 e. The van der Waals surface area contributed by atoms with Crippen molar-refractivity contribution in [2.75, 3.05) is 5.32 Å². The molecule has 1 amide bonds. The van der Waals surface area contributed by atoms with E-state index in [-0.39, 0.29) is 5.91 Å². The Morgan fingerprint density at radius 2 is 1.95 bits per heavy atom. The van der Waals surface area contributed by atoms with E-state index in [4.69, 9.17) is 0 Å². The van der Waals surface area contributed by atoms with Crippen molar-refractivity contribution in [3.8, 4) is 0 Å². The number of benzene rings is 1. The number of carbonyl (C=O) groups excluding carboxylic acids is 1. The normalized spacial score (nSPS) is 10.5. The van der Waals surface area contributed by atoms with E-state index >= 15 is 0 Å². The lowest BCUT2D eigenvalue weighted by Gasteiger charge is -2.11.